The van der Waals surface area contributed by atoms with Gasteiger partial charge in [-0.25, -0.2) is 0 Å². The monoisotopic (exact) mass is 395 g/mol. The van der Waals surface area contributed by atoms with E-state index in [0.717, 1.165) is 11.1 Å². The normalized spacial score (nSPS) is 18.5. The molecule has 0 amide bonds. The third-order valence-electron chi connectivity index (χ3n) is 3.58. The summed E-state index contributed by atoms with van der Waals surface area (Å²) in [6, 6.07) is 5.84. The number of hydrogen-bond acceptors (Lipinski definition) is 9. The van der Waals surface area contributed by atoms with Crippen molar-refractivity contribution in [1.82, 2.24) is 0 Å². The Morgan fingerprint density at radius 2 is 1.58 bits per heavy atom. The largest absolute Gasteiger partial charge is 0.409 e. The number of nitrogens with two attached hydrogens (primary N) is 1. The Hall–Kier alpha value is -2.00. The molecular weight excluding hydrogens is 378 g/mol. The average Bonchev–Trinajstić information content (AvgIpc) is 3.46. The SMILES string of the molecule is N#Cc1sccc1C1OCCO1.N/C(=N\O)c1sccc1C1OCCO1. The number of ether oxygens (including phenoxy) is 4. The third kappa shape index (κ3) is 4.21. The predicted molar refractivity (Wildman–Crippen MR) is 95.2 cm³/mol. The molecule has 2 saturated heterocycles. The molecule has 138 valence electrons. The third-order valence-corrected chi connectivity index (χ3v) is 5.37. The molecule has 2 aliphatic rings. The molecule has 0 unspecified atom stereocenters. The first-order chi connectivity index (χ1) is 12.7. The van der Waals surface area contributed by atoms with Crippen molar-refractivity contribution in [1.29, 1.82) is 5.26 Å². The van der Waals surface area contributed by atoms with Crippen LogP contribution >= 0.6 is 22.7 Å². The van der Waals surface area contributed by atoms with E-state index >= 15 is 0 Å². The summed E-state index contributed by atoms with van der Waals surface area (Å²) < 4.78 is 21.2. The minimum absolute atomic E-state index is 0.0918. The summed E-state index contributed by atoms with van der Waals surface area (Å²) in [5, 5.41) is 24.0. The lowest BCUT2D eigenvalue weighted by molar-refractivity contribution is -0.0441. The summed E-state index contributed by atoms with van der Waals surface area (Å²) in [5.74, 6) is 0.0918. The molecule has 0 aliphatic carbocycles. The quantitative estimate of drug-likeness (QED) is 0.355. The van der Waals surface area contributed by atoms with Gasteiger partial charge in [0.25, 0.3) is 0 Å². The maximum absolute atomic E-state index is 8.72. The highest BCUT2D eigenvalue weighted by atomic mass is 32.1. The topological polar surface area (TPSA) is 119 Å². The number of oxime groups is 1. The van der Waals surface area contributed by atoms with E-state index in [9.17, 15) is 0 Å². The molecule has 4 rings (SSSR count). The Morgan fingerprint density at radius 3 is 2.15 bits per heavy atom. The first-order valence-electron chi connectivity index (χ1n) is 7.73. The molecule has 0 bridgehead atoms. The van der Waals surface area contributed by atoms with Crippen molar-refractivity contribution in [2.75, 3.05) is 26.4 Å². The van der Waals surface area contributed by atoms with E-state index in [-0.39, 0.29) is 18.4 Å². The van der Waals surface area contributed by atoms with Crippen LogP contribution in [0.4, 0.5) is 0 Å². The Kier molecular flexibility index (Phi) is 6.56. The van der Waals surface area contributed by atoms with E-state index in [2.05, 4.69) is 11.2 Å². The number of hydrogen-bond donors (Lipinski definition) is 2. The molecule has 8 nitrogen and oxygen atoms in total. The van der Waals surface area contributed by atoms with Gasteiger partial charge < -0.3 is 29.9 Å². The van der Waals surface area contributed by atoms with Crippen molar-refractivity contribution in [3.05, 3.63) is 43.8 Å². The van der Waals surface area contributed by atoms with Crippen LogP contribution in [0.5, 0.6) is 0 Å². The summed E-state index contributed by atoms with van der Waals surface area (Å²) in [7, 11) is 0. The standard InChI is InChI=1S/C8H10N2O3S.C8H7NO2S/c9-7(10-11)6-5(1-4-14-6)8-12-2-3-13-8;9-5-7-6(1-4-12-7)8-10-2-3-11-8/h1,4,8,11H,2-3H2,(H2,9,10);1,4,8H,2-3H2. The van der Waals surface area contributed by atoms with Crippen LogP contribution in [-0.4, -0.2) is 37.5 Å². The molecule has 0 aromatic carbocycles. The maximum atomic E-state index is 8.72. The second-order valence-corrected chi connectivity index (χ2v) is 6.99. The van der Waals surface area contributed by atoms with Crippen molar-refractivity contribution >= 4 is 28.5 Å². The number of rotatable bonds is 3. The molecule has 2 fully saturated rings. The number of nitrogens with zero attached hydrogens (tertiary/aromatic N) is 2. The van der Waals surface area contributed by atoms with E-state index in [1.165, 1.54) is 22.7 Å². The van der Waals surface area contributed by atoms with Crippen molar-refractivity contribution in [3.8, 4) is 6.07 Å². The first-order valence-corrected chi connectivity index (χ1v) is 9.49. The van der Waals surface area contributed by atoms with Gasteiger partial charge in [-0.3, -0.25) is 0 Å². The van der Waals surface area contributed by atoms with Crippen LogP contribution in [0.2, 0.25) is 0 Å². The highest BCUT2D eigenvalue weighted by Gasteiger charge is 2.24. The molecule has 26 heavy (non-hydrogen) atoms. The fourth-order valence-corrected chi connectivity index (χ4v) is 3.95. The van der Waals surface area contributed by atoms with Gasteiger partial charge in [-0.1, -0.05) is 5.16 Å². The Balaban J connectivity index is 0.000000152. The highest BCUT2D eigenvalue weighted by Crippen LogP contribution is 2.30. The van der Waals surface area contributed by atoms with Gasteiger partial charge in [0.2, 0.25) is 0 Å². The van der Waals surface area contributed by atoms with Gasteiger partial charge in [0.1, 0.15) is 10.9 Å². The molecule has 0 spiro atoms. The molecule has 2 aromatic heterocycles. The average molecular weight is 395 g/mol. The van der Waals surface area contributed by atoms with Crippen LogP contribution in [0.3, 0.4) is 0 Å². The predicted octanol–water partition coefficient (Wildman–Crippen LogP) is 2.55. The van der Waals surface area contributed by atoms with Gasteiger partial charge in [0.05, 0.1) is 31.3 Å². The minimum Gasteiger partial charge on any atom is -0.409 e. The van der Waals surface area contributed by atoms with Crippen LogP contribution < -0.4 is 5.73 Å². The summed E-state index contributed by atoms with van der Waals surface area (Å²) in [6.45, 7) is 2.39. The zero-order valence-corrected chi connectivity index (χ0v) is 15.3. The summed E-state index contributed by atoms with van der Waals surface area (Å²) in [6.07, 6.45) is -0.692. The number of thiophene rings is 2. The molecule has 2 aromatic rings. The van der Waals surface area contributed by atoms with Gasteiger partial charge in [-0.2, -0.15) is 5.26 Å². The summed E-state index contributed by atoms with van der Waals surface area (Å²) in [5.41, 5.74) is 7.19. The fraction of sp³-hybridized carbons (Fsp3) is 0.375. The van der Waals surface area contributed by atoms with Gasteiger partial charge in [-0.15, -0.1) is 22.7 Å². The van der Waals surface area contributed by atoms with Crippen LogP contribution in [0.1, 0.15) is 33.5 Å². The lowest BCUT2D eigenvalue weighted by atomic mass is 10.2. The maximum Gasteiger partial charge on any atom is 0.186 e. The summed E-state index contributed by atoms with van der Waals surface area (Å²) in [4.78, 5) is 1.38. The molecule has 0 radical (unpaired) electrons. The van der Waals surface area contributed by atoms with Crippen molar-refractivity contribution < 1.29 is 24.2 Å². The number of nitriles is 1. The van der Waals surface area contributed by atoms with Crippen LogP contribution in [-0.2, 0) is 18.9 Å². The molecule has 2 aliphatic heterocycles. The zero-order chi connectivity index (χ0) is 18.4. The van der Waals surface area contributed by atoms with Gasteiger partial charge in [0, 0.05) is 11.1 Å². The van der Waals surface area contributed by atoms with Crippen LogP contribution in [0.15, 0.2) is 28.0 Å². The van der Waals surface area contributed by atoms with Crippen molar-refractivity contribution in [2.45, 2.75) is 12.6 Å². The van der Waals surface area contributed by atoms with Crippen molar-refractivity contribution in [3.63, 3.8) is 0 Å². The van der Waals surface area contributed by atoms with Crippen molar-refractivity contribution in [2.24, 2.45) is 10.9 Å². The summed E-state index contributed by atoms with van der Waals surface area (Å²) >= 11 is 2.81. The highest BCUT2D eigenvalue weighted by molar-refractivity contribution is 7.12. The van der Waals surface area contributed by atoms with Crippen LogP contribution in [0, 0.1) is 11.3 Å². The zero-order valence-electron chi connectivity index (χ0n) is 13.7. The first kappa shape index (κ1) is 18.8. The molecule has 3 N–H and O–H groups in total. The second-order valence-electron chi connectivity index (χ2n) is 5.15. The second kappa shape index (κ2) is 9.09. The smallest absolute Gasteiger partial charge is 0.186 e. The Labute approximate surface area is 158 Å². The Bertz CT molecular complexity index is 786. The van der Waals surface area contributed by atoms with E-state index in [0.29, 0.717) is 36.2 Å². The molecule has 0 saturated carbocycles. The van der Waals surface area contributed by atoms with E-state index < -0.39 is 0 Å². The Morgan fingerprint density at radius 1 is 1.04 bits per heavy atom. The van der Waals surface area contributed by atoms with E-state index in [1.54, 1.807) is 0 Å². The van der Waals surface area contributed by atoms with E-state index in [1.807, 2.05) is 22.9 Å². The van der Waals surface area contributed by atoms with Gasteiger partial charge >= 0.3 is 0 Å². The van der Waals surface area contributed by atoms with Crippen LogP contribution in [0.25, 0.3) is 0 Å². The molecular formula is C16H17N3O5S2. The molecule has 0 atom stereocenters. The lowest BCUT2D eigenvalue weighted by Crippen LogP contribution is -2.14. The van der Waals surface area contributed by atoms with Gasteiger partial charge in [0.15, 0.2) is 18.4 Å². The van der Waals surface area contributed by atoms with E-state index in [4.69, 9.17) is 35.2 Å². The molecule has 4 heterocycles. The number of amidine groups is 1. The fourth-order valence-electron chi connectivity index (χ4n) is 2.43. The minimum atomic E-state index is -0.378. The van der Waals surface area contributed by atoms with Gasteiger partial charge in [-0.05, 0) is 22.9 Å². The lowest BCUT2D eigenvalue weighted by Gasteiger charge is -2.08. The molecule has 10 heteroatoms.